The Bertz CT molecular complexity index is 908. The van der Waals surface area contributed by atoms with E-state index in [1.165, 1.54) is 0 Å². The molecule has 0 atom stereocenters. The van der Waals surface area contributed by atoms with E-state index in [1.807, 2.05) is 48.5 Å². The Kier molecular flexibility index (Phi) is 5.92. The largest absolute Gasteiger partial charge is 0.497 e. The van der Waals surface area contributed by atoms with Gasteiger partial charge < -0.3 is 19.2 Å². The van der Waals surface area contributed by atoms with Gasteiger partial charge in [0.1, 0.15) is 22.7 Å². The third kappa shape index (κ3) is 4.11. The van der Waals surface area contributed by atoms with Gasteiger partial charge in [-0.1, -0.05) is 0 Å². The van der Waals surface area contributed by atoms with Crippen molar-refractivity contribution < 1.29 is 19.0 Å². The number of nitrogens with zero attached hydrogens (tertiary/aromatic N) is 1. The third-order valence-corrected chi connectivity index (χ3v) is 4.82. The SMILES string of the molecule is CCOC(=O)C(C)(C)c1nc(-c2ccc(OC)cc2)c(-c2ccc(OC)cc2)[nH]1. The number of aromatic amines is 1. The minimum absolute atomic E-state index is 0.319. The van der Waals surface area contributed by atoms with Gasteiger partial charge in [0.2, 0.25) is 0 Å². The maximum atomic E-state index is 12.5. The van der Waals surface area contributed by atoms with Gasteiger partial charge in [-0.3, -0.25) is 4.79 Å². The number of aromatic nitrogens is 2. The van der Waals surface area contributed by atoms with Crippen LogP contribution < -0.4 is 9.47 Å². The zero-order valence-electron chi connectivity index (χ0n) is 17.4. The van der Waals surface area contributed by atoms with E-state index in [0.717, 1.165) is 34.0 Å². The van der Waals surface area contributed by atoms with Gasteiger partial charge in [0.15, 0.2) is 0 Å². The van der Waals surface area contributed by atoms with Crippen LogP contribution in [0.4, 0.5) is 0 Å². The van der Waals surface area contributed by atoms with Gasteiger partial charge in [0, 0.05) is 11.1 Å². The zero-order chi connectivity index (χ0) is 21.0. The first-order valence-corrected chi connectivity index (χ1v) is 9.47. The predicted molar refractivity (Wildman–Crippen MR) is 112 cm³/mol. The molecule has 1 N–H and O–H groups in total. The zero-order valence-corrected chi connectivity index (χ0v) is 17.4. The monoisotopic (exact) mass is 394 g/mol. The molecule has 29 heavy (non-hydrogen) atoms. The lowest BCUT2D eigenvalue weighted by atomic mass is 9.93. The number of hydrogen-bond acceptors (Lipinski definition) is 5. The number of hydrogen-bond donors (Lipinski definition) is 1. The van der Waals surface area contributed by atoms with E-state index in [2.05, 4.69) is 4.98 Å². The summed E-state index contributed by atoms with van der Waals surface area (Å²) in [6, 6.07) is 15.4. The Hall–Kier alpha value is -3.28. The molecule has 2 aromatic carbocycles. The molecule has 1 heterocycles. The van der Waals surface area contributed by atoms with Crippen molar-refractivity contribution in [2.75, 3.05) is 20.8 Å². The number of ether oxygens (including phenoxy) is 3. The van der Waals surface area contributed by atoms with Crippen LogP contribution >= 0.6 is 0 Å². The first-order chi connectivity index (χ1) is 13.9. The maximum Gasteiger partial charge on any atom is 0.319 e. The fourth-order valence-corrected chi connectivity index (χ4v) is 3.00. The van der Waals surface area contributed by atoms with Crippen LogP contribution in [0.25, 0.3) is 22.5 Å². The van der Waals surface area contributed by atoms with Crippen molar-refractivity contribution in [2.24, 2.45) is 0 Å². The van der Waals surface area contributed by atoms with Crippen LogP contribution in [-0.2, 0) is 14.9 Å². The van der Waals surface area contributed by atoms with Crippen molar-refractivity contribution in [3.63, 3.8) is 0 Å². The summed E-state index contributed by atoms with van der Waals surface area (Å²) in [7, 11) is 3.26. The van der Waals surface area contributed by atoms with Crippen molar-refractivity contribution >= 4 is 5.97 Å². The molecule has 0 radical (unpaired) electrons. The molecule has 152 valence electrons. The first kappa shape index (κ1) is 20.5. The van der Waals surface area contributed by atoms with Crippen LogP contribution in [-0.4, -0.2) is 36.8 Å². The lowest BCUT2D eigenvalue weighted by molar-refractivity contribution is -0.149. The van der Waals surface area contributed by atoms with Gasteiger partial charge in [-0.15, -0.1) is 0 Å². The number of benzene rings is 2. The second kappa shape index (κ2) is 8.39. The maximum absolute atomic E-state index is 12.5. The summed E-state index contributed by atoms with van der Waals surface area (Å²) in [4.78, 5) is 20.7. The molecule has 3 rings (SSSR count). The van der Waals surface area contributed by atoms with E-state index in [4.69, 9.17) is 19.2 Å². The van der Waals surface area contributed by atoms with Gasteiger partial charge >= 0.3 is 5.97 Å². The van der Waals surface area contributed by atoms with E-state index in [1.54, 1.807) is 35.0 Å². The molecule has 6 heteroatoms. The van der Waals surface area contributed by atoms with Crippen LogP contribution in [0.5, 0.6) is 11.5 Å². The van der Waals surface area contributed by atoms with E-state index < -0.39 is 5.41 Å². The molecule has 1 aromatic heterocycles. The molecule has 3 aromatic rings. The quantitative estimate of drug-likeness (QED) is 0.593. The van der Waals surface area contributed by atoms with E-state index >= 15 is 0 Å². The highest BCUT2D eigenvalue weighted by Gasteiger charge is 2.35. The van der Waals surface area contributed by atoms with Gasteiger partial charge in [-0.25, -0.2) is 4.98 Å². The highest BCUT2D eigenvalue weighted by atomic mass is 16.5. The average molecular weight is 394 g/mol. The van der Waals surface area contributed by atoms with Crippen molar-refractivity contribution in [1.82, 2.24) is 9.97 Å². The molecular weight excluding hydrogens is 368 g/mol. The van der Waals surface area contributed by atoms with Gasteiger partial charge in [0.05, 0.1) is 32.2 Å². The number of carbonyl (C=O) groups excluding carboxylic acids is 1. The highest BCUT2D eigenvalue weighted by molar-refractivity contribution is 5.84. The Morgan fingerprint density at radius 2 is 1.45 bits per heavy atom. The van der Waals surface area contributed by atoms with Gasteiger partial charge in [-0.2, -0.15) is 0 Å². The Morgan fingerprint density at radius 3 is 1.93 bits per heavy atom. The summed E-state index contributed by atoms with van der Waals surface area (Å²) in [5.41, 5.74) is 2.52. The minimum Gasteiger partial charge on any atom is -0.497 e. The molecule has 0 saturated heterocycles. The molecule has 0 bridgehead atoms. The number of rotatable bonds is 7. The van der Waals surface area contributed by atoms with E-state index in [0.29, 0.717) is 12.4 Å². The Balaban J connectivity index is 2.13. The van der Waals surface area contributed by atoms with E-state index in [9.17, 15) is 4.79 Å². The van der Waals surface area contributed by atoms with Crippen LogP contribution in [0.3, 0.4) is 0 Å². The van der Waals surface area contributed by atoms with Crippen LogP contribution in [0.2, 0.25) is 0 Å². The molecular formula is C23H26N2O4. The number of methoxy groups -OCH3 is 2. The minimum atomic E-state index is -0.915. The number of H-pyrrole nitrogens is 1. The van der Waals surface area contributed by atoms with Crippen LogP contribution in [0, 0.1) is 0 Å². The summed E-state index contributed by atoms with van der Waals surface area (Å²) >= 11 is 0. The van der Waals surface area contributed by atoms with Gasteiger partial charge in [-0.05, 0) is 69.3 Å². The summed E-state index contributed by atoms with van der Waals surface area (Å²) < 4.78 is 15.8. The Labute approximate surface area is 170 Å². The number of imidazole rings is 1. The molecule has 0 spiro atoms. The average Bonchev–Trinajstić information content (AvgIpc) is 3.20. The molecule has 0 saturated carbocycles. The summed E-state index contributed by atoms with van der Waals surface area (Å²) in [5, 5.41) is 0. The predicted octanol–water partition coefficient (Wildman–Crippen LogP) is 4.60. The van der Waals surface area contributed by atoms with Gasteiger partial charge in [0.25, 0.3) is 0 Å². The van der Waals surface area contributed by atoms with E-state index in [-0.39, 0.29) is 5.97 Å². The summed E-state index contributed by atoms with van der Waals surface area (Å²) in [6.07, 6.45) is 0. The van der Waals surface area contributed by atoms with Crippen molar-refractivity contribution in [1.29, 1.82) is 0 Å². The highest BCUT2D eigenvalue weighted by Crippen LogP contribution is 2.35. The number of carbonyl (C=O) groups is 1. The van der Waals surface area contributed by atoms with Crippen LogP contribution in [0.15, 0.2) is 48.5 Å². The van der Waals surface area contributed by atoms with Crippen molar-refractivity contribution in [2.45, 2.75) is 26.2 Å². The molecule has 0 aliphatic rings. The standard InChI is InChI=1S/C23H26N2O4/c1-6-29-22(26)23(2,3)21-24-19(15-7-11-17(27-4)12-8-15)20(25-21)16-9-13-18(28-5)14-10-16/h7-14H,6H2,1-5H3,(H,24,25). The summed E-state index contributed by atoms with van der Waals surface area (Å²) in [6.45, 7) is 5.72. The molecule has 6 nitrogen and oxygen atoms in total. The molecule has 0 aliphatic heterocycles. The summed E-state index contributed by atoms with van der Waals surface area (Å²) in [5.74, 6) is 1.76. The normalized spacial score (nSPS) is 11.2. The number of esters is 1. The fourth-order valence-electron chi connectivity index (χ4n) is 3.00. The molecule has 0 amide bonds. The molecule has 0 aliphatic carbocycles. The second-order valence-corrected chi connectivity index (χ2v) is 7.11. The third-order valence-electron chi connectivity index (χ3n) is 4.82. The topological polar surface area (TPSA) is 73.4 Å². The second-order valence-electron chi connectivity index (χ2n) is 7.11. The van der Waals surface area contributed by atoms with Crippen molar-refractivity contribution in [3.8, 4) is 34.0 Å². The molecule has 0 unspecified atom stereocenters. The lowest BCUT2D eigenvalue weighted by Gasteiger charge is -2.19. The lowest BCUT2D eigenvalue weighted by Crippen LogP contribution is -2.32. The van der Waals surface area contributed by atoms with Crippen LogP contribution in [0.1, 0.15) is 26.6 Å². The molecule has 0 fully saturated rings. The van der Waals surface area contributed by atoms with Crippen molar-refractivity contribution in [3.05, 3.63) is 54.4 Å². The smallest absolute Gasteiger partial charge is 0.319 e. The fraction of sp³-hybridized carbons (Fsp3) is 0.304. The Morgan fingerprint density at radius 1 is 0.931 bits per heavy atom. The number of nitrogens with one attached hydrogen (secondary N) is 1. The first-order valence-electron chi connectivity index (χ1n) is 9.47.